The molecule has 1 aliphatic rings. The van der Waals surface area contributed by atoms with E-state index in [-0.39, 0.29) is 24.9 Å². The van der Waals surface area contributed by atoms with E-state index in [1.165, 1.54) is 12.1 Å². The smallest absolute Gasteiger partial charge is 0.234 e. The van der Waals surface area contributed by atoms with Crippen molar-refractivity contribution in [3.05, 3.63) is 63.9 Å². The number of amides is 1. The number of aliphatic hydroxyl groups is 1. The minimum atomic E-state index is -0.951. The Morgan fingerprint density at radius 1 is 1.14 bits per heavy atom. The summed E-state index contributed by atoms with van der Waals surface area (Å²) in [7, 11) is 0. The van der Waals surface area contributed by atoms with Crippen molar-refractivity contribution in [1.29, 1.82) is 0 Å². The van der Waals surface area contributed by atoms with Crippen LogP contribution in [0, 0.1) is 5.82 Å². The normalized spacial score (nSPS) is 16.4. The fourth-order valence-corrected chi connectivity index (χ4v) is 3.41. The van der Waals surface area contributed by atoms with Gasteiger partial charge in [0.15, 0.2) is 0 Å². The topological polar surface area (TPSA) is 61.8 Å². The van der Waals surface area contributed by atoms with Gasteiger partial charge in [-0.2, -0.15) is 0 Å². The summed E-state index contributed by atoms with van der Waals surface area (Å²) >= 11 is 11.9. The number of likely N-dealkylation sites (tertiary alicyclic amines) is 1. The van der Waals surface area contributed by atoms with E-state index < -0.39 is 5.60 Å². The molecule has 156 valence electrons. The second-order valence-electron chi connectivity index (χ2n) is 7.27. The summed E-state index contributed by atoms with van der Waals surface area (Å²) in [6, 6.07) is 11.0. The molecule has 2 N–H and O–H groups in total. The molecule has 3 rings (SSSR count). The van der Waals surface area contributed by atoms with Crippen LogP contribution in [0.3, 0.4) is 0 Å². The van der Waals surface area contributed by atoms with Crippen LogP contribution in [0.15, 0.2) is 42.5 Å². The molecule has 5 nitrogen and oxygen atoms in total. The molecule has 0 aromatic heterocycles. The molecule has 0 aliphatic carbocycles. The maximum Gasteiger partial charge on any atom is 0.234 e. The van der Waals surface area contributed by atoms with Gasteiger partial charge in [0.25, 0.3) is 0 Å². The minimum Gasteiger partial charge on any atom is -0.491 e. The number of piperidine rings is 1. The molecule has 0 spiro atoms. The van der Waals surface area contributed by atoms with Crippen LogP contribution in [-0.2, 0) is 11.3 Å². The average Bonchev–Trinajstić information content (AvgIpc) is 2.70. The van der Waals surface area contributed by atoms with E-state index in [4.69, 9.17) is 27.9 Å². The highest BCUT2D eigenvalue weighted by Crippen LogP contribution is 2.28. The molecule has 1 saturated heterocycles. The van der Waals surface area contributed by atoms with Gasteiger partial charge in [0, 0.05) is 25.7 Å². The molecule has 0 atom stereocenters. The number of carbonyl (C=O) groups excluding carboxylic acids is 1. The Bertz CT molecular complexity index is 840. The number of nitrogens with one attached hydrogen (secondary N) is 1. The Kier molecular flexibility index (Phi) is 7.35. The quantitative estimate of drug-likeness (QED) is 0.689. The molecule has 0 saturated carbocycles. The first-order valence-electron chi connectivity index (χ1n) is 9.37. The van der Waals surface area contributed by atoms with Gasteiger partial charge in [-0.3, -0.25) is 9.69 Å². The molecule has 0 bridgehead atoms. The van der Waals surface area contributed by atoms with E-state index >= 15 is 0 Å². The number of benzene rings is 2. The standard InChI is InChI=1S/C21H23Cl2FN2O3/c22-18-6-5-17(11-19(18)23)29-14-21(28)7-9-26(10-8-21)13-20(27)25-12-15-1-3-16(24)4-2-15/h1-6,11,28H,7-10,12-14H2,(H,25,27). The zero-order valence-corrected chi connectivity index (χ0v) is 17.3. The number of hydrogen-bond donors (Lipinski definition) is 2. The van der Waals surface area contributed by atoms with Crippen LogP contribution in [0.25, 0.3) is 0 Å². The van der Waals surface area contributed by atoms with Gasteiger partial charge in [-0.05, 0) is 42.7 Å². The maximum atomic E-state index is 12.9. The van der Waals surface area contributed by atoms with Gasteiger partial charge in [0.1, 0.15) is 23.8 Å². The maximum absolute atomic E-state index is 12.9. The van der Waals surface area contributed by atoms with Crippen molar-refractivity contribution in [1.82, 2.24) is 10.2 Å². The molecule has 0 unspecified atom stereocenters. The molecular formula is C21H23Cl2FN2O3. The highest BCUT2D eigenvalue weighted by atomic mass is 35.5. The van der Waals surface area contributed by atoms with Gasteiger partial charge >= 0.3 is 0 Å². The molecule has 8 heteroatoms. The van der Waals surface area contributed by atoms with Crippen LogP contribution in [0.1, 0.15) is 18.4 Å². The summed E-state index contributed by atoms with van der Waals surface area (Å²) in [6.45, 7) is 1.94. The third-order valence-corrected chi connectivity index (χ3v) is 5.69. The first-order chi connectivity index (χ1) is 13.8. The lowest BCUT2D eigenvalue weighted by molar-refractivity contribution is -0.124. The average molecular weight is 441 g/mol. The van der Waals surface area contributed by atoms with Gasteiger partial charge in [-0.25, -0.2) is 4.39 Å². The van der Waals surface area contributed by atoms with Crippen molar-refractivity contribution in [2.24, 2.45) is 0 Å². The summed E-state index contributed by atoms with van der Waals surface area (Å²) in [5.74, 6) is 0.145. The van der Waals surface area contributed by atoms with Crippen LogP contribution in [0.4, 0.5) is 4.39 Å². The van der Waals surface area contributed by atoms with Gasteiger partial charge in [0.2, 0.25) is 5.91 Å². The van der Waals surface area contributed by atoms with Gasteiger partial charge in [0.05, 0.1) is 16.6 Å². The number of nitrogens with zero attached hydrogens (tertiary/aromatic N) is 1. The molecule has 0 radical (unpaired) electrons. The number of halogens is 3. The van der Waals surface area contributed by atoms with Gasteiger partial charge < -0.3 is 15.2 Å². The molecule has 1 amide bonds. The van der Waals surface area contributed by atoms with Gasteiger partial charge in [-0.15, -0.1) is 0 Å². The van der Waals surface area contributed by atoms with E-state index in [1.807, 2.05) is 4.90 Å². The molecule has 2 aromatic rings. The zero-order valence-electron chi connectivity index (χ0n) is 15.8. The van der Waals surface area contributed by atoms with Gasteiger partial charge in [-0.1, -0.05) is 35.3 Å². The number of hydrogen-bond acceptors (Lipinski definition) is 4. The third-order valence-electron chi connectivity index (χ3n) is 4.96. The van der Waals surface area contributed by atoms with Crippen molar-refractivity contribution < 1.29 is 19.0 Å². The lowest BCUT2D eigenvalue weighted by Crippen LogP contribution is -2.50. The van der Waals surface area contributed by atoms with Crippen LogP contribution in [-0.4, -0.2) is 47.8 Å². The summed E-state index contributed by atoms with van der Waals surface area (Å²) in [6.07, 6.45) is 0.999. The SMILES string of the molecule is O=C(CN1CCC(O)(COc2ccc(Cl)c(Cl)c2)CC1)NCc1ccc(F)cc1. The molecule has 1 heterocycles. The van der Waals surface area contributed by atoms with E-state index in [9.17, 15) is 14.3 Å². The Hall–Kier alpha value is -1.86. The summed E-state index contributed by atoms with van der Waals surface area (Å²) in [4.78, 5) is 14.1. The second kappa shape index (κ2) is 9.76. The van der Waals surface area contributed by atoms with Crippen LogP contribution in [0.2, 0.25) is 10.0 Å². The lowest BCUT2D eigenvalue weighted by Gasteiger charge is -2.37. The minimum absolute atomic E-state index is 0.105. The van der Waals surface area contributed by atoms with Crippen molar-refractivity contribution in [3.8, 4) is 5.75 Å². The third kappa shape index (κ3) is 6.57. The van der Waals surface area contributed by atoms with Crippen molar-refractivity contribution in [3.63, 3.8) is 0 Å². The Morgan fingerprint density at radius 3 is 2.48 bits per heavy atom. The Balaban J connectivity index is 1.40. The van der Waals surface area contributed by atoms with E-state index in [0.717, 1.165) is 5.56 Å². The lowest BCUT2D eigenvalue weighted by atomic mass is 9.92. The largest absolute Gasteiger partial charge is 0.491 e. The number of rotatable bonds is 7. The van der Waals surface area contributed by atoms with E-state index in [2.05, 4.69) is 5.32 Å². The summed E-state index contributed by atoms with van der Waals surface area (Å²) in [5, 5.41) is 14.4. The number of ether oxygens (including phenoxy) is 1. The Labute approximate surface area is 179 Å². The van der Waals surface area contributed by atoms with Crippen molar-refractivity contribution >= 4 is 29.1 Å². The van der Waals surface area contributed by atoms with Crippen LogP contribution >= 0.6 is 23.2 Å². The van der Waals surface area contributed by atoms with Crippen LogP contribution < -0.4 is 10.1 Å². The van der Waals surface area contributed by atoms with Crippen molar-refractivity contribution in [2.45, 2.75) is 25.0 Å². The fraction of sp³-hybridized carbons (Fsp3) is 0.381. The highest BCUT2D eigenvalue weighted by molar-refractivity contribution is 6.42. The summed E-state index contributed by atoms with van der Waals surface area (Å²) < 4.78 is 18.6. The predicted octanol–water partition coefficient (Wildman–Crippen LogP) is 3.65. The number of carbonyl (C=O) groups is 1. The van der Waals surface area contributed by atoms with E-state index in [0.29, 0.717) is 48.3 Å². The second-order valence-corrected chi connectivity index (χ2v) is 8.08. The predicted molar refractivity (Wildman–Crippen MR) is 111 cm³/mol. The molecule has 29 heavy (non-hydrogen) atoms. The highest BCUT2D eigenvalue weighted by Gasteiger charge is 2.33. The molecule has 1 fully saturated rings. The van der Waals surface area contributed by atoms with E-state index in [1.54, 1.807) is 30.3 Å². The monoisotopic (exact) mass is 440 g/mol. The molecule has 1 aliphatic heterocycles. The summed E-state index contributed by atoms with van der Waals surface area (Å²) in [5.41, 5.74) is -0.111. The molecule has 2 aromatic carbocycles. The Morgan fingerprint density at radius 2 is 1.83 bits per heavy atom. The van der Waals surface area contributed by atoms with Crippen LogP contribution in [0.5, 0.6) is 5.75 Å². The van der Waals surface area contributed by atoms with Crippen molar-refractivity contribution in [2.75, 3.05) is 26.2 Å². The zero-order chi connectivity index (χ0) is 20.9. The first-order valence-corrected chi connectivity index (χ1v) is 10.1. The molecular weight excluding hydrogens is 418 g/mol. The fourth-order valence-electron chi connectivity index (χ4n) is 3.12. The first kappa shape index (κ1) is 21.8.